The zero-order valence-electron chi connectivity index (χ0n) is 10.2. The van der Waals surface area contributed by atoms with Crippen molar-refractivity contribution in [3.05, 3.63) is 36.3 Å². The van der Waals surface area contributed by atoms with Gasteiger partial charge in [0.2, 0.25) is 0 Å². The van der Waals surface area contributed by atoms with E-state index in [4.69, 9.17) is 0 Å². The number of pyridine rings is 1. The van der Waals surface area contributed by atoms with Crippen LogP contribution in [-0.2, 0) is 6.54 Å². The van der Waals surface area contributed by atoms with Crippen molar-refractivity contribution in [2.45, 2.75) is 11.8 Å². The van der Waals surface area contributed by atoms with Crippen LogP contribution >= 0.6 is 23.5 Å². The quantitative estimate of drug-likeness (QED) is 0.930. The second-order valence-corrected chi connectivity index (χ2v) is 6.96. The van der Waals surface area contributed by atoms with Crippen molar-refractivity contribution >= 4 is 29.2 Å². The normalized spacial score (nSPS) is 20.3. The molecule has 0 amide bonds. The van der Waals surface area contributed by atoms with E-state index in [1.165, 1.54) is 17.3 Å². The topological polar surface area (TPSA) is 29.3 Å². The molecular formula is C13H17N3S2. The average molecular weight is 279 g/mol. The highest BCUT2D eigenvalue weighted by atomic mass is 32.2. The standard InChI is InChI=1S/C13H17N3S2/c1-2-4-16-9-11(15-13(16)3-1)7-14-8-12-10-17-5-6-18-12/h1-4,9,12,14H,5-8,10H2. The lowest BCUT2D eigenvalue weighted by atomic mass is 10.4. The summed E-state index contributed by atoms with van der Waals surface area (Å²) in [6.07, 6.45) is 4.14. The maximum Gasteiger partial charge on any atom is 0.137 e. The largest absolute Gasteiger partial charge is 0.310 e. The summed E-state index contributed by atoms with van der Waals surface area (Å²) < 4.78 is 2.07. The Bertz CT molecular complexity index is 473. The van der Waals surface area contributed by atoms with Gasteiger partial charge >= 0.3 is 0 Å². The van der Waals surface area contributed by atoms with Gasteiger partial charge in [-0.2, -0.15) is 23.5 Å². The Labute approximate surface area is 116 Å². The Morgan fingerprint density at radius 3 is 3.22 bits per heavy atom. The Balaban J connectivity index is 1.53. The predicted octanol–water partition coefficient (Wildman–Crippen LogP) is 2.27. The number of nitrogens with one attached hydrogen (secondary N) is 1. The first-order valence-electron chi connectivity index (χ1n) is 6.24. The van der Waals surface area contributed by atoms with Gasteiger partial charge in [0.1, 0.15) is 5.65 Å². The molecule has 1 aliphatic heterocycles. The van der Waals surface area contributed by atoms with Crippen LogP contribution in [0.15, 0.2) is 30.6 Å². The van der Waals surface area contributed by atoms with Crippen LogP contribution in [0.5, 0.6) is 0 Å². The molecule has 18 heavy (non-hydrogen) atoms. The summed E-state index contributed by atoms with van der Waals surface area (Å²) in [5.41, 5.74) is 2.14. The molecule has 3 rings (SSSR count). The first kappa shape index (κ1) is 12.4. The molecule has 1 atom stereocenters. The van der Waals surface area contributed by atoms with Crippen molar-refractivity contribution in [3.8, 4) is 0 Å². The van der Waals surface area contributed by atoms with Crippen molar-refractivity contribution in [2.24, 2.45) is 0 Å². The van der Waals surface area contributed by atoms with Crippen LogP contribution in [0.2, 0.25) is 0 Å². The predicted molar refractivity (Wildman–Crippen MR) is 80.5 cm³/mol. The lowest BCUT2D eigenvalue weighted by Gasteiger charge is -2.20. The maximum atomic E-state index is 4.58. The summed E-state index contributed by atoms with van der Waals surface area (Å²) >= 11 is 4.17. The van der Waals surface area contributed by atoms with Gasteiger partial charge in [-0.1, -0.05) is 6.07 Å². The molecule has 1 N–H and O–H groups in total. The van der Waals surface area contributed by atoms with Crippen LogP contribution in [0.1, 0.15) is 5.69 Å². The molecule has 3 heterocycles. The second kappa shape index (κ2) is 5.99. The zero-order chi connectivity index (χ0) is 12.2. The van der Waals surface area contributed by atoms with Gasteiger partial charge < -0.3 is 9.72 Å². The number of aromatic nitrogens is 2. The van der Waals surface area contributed by atoms with Crippen LogP contribution in [0.3, 0.4) is 0 Å². The van der Waals surface area contributed by atoms with Crippen LogP contribution in [0.25, 0.3) is 5.65 Å². The lowest BCUT2D eigenvalue weighted by molar-refractivity contribution is 0.677. The highest BCUT2D eigenvalue weighted by molar-refractivity contribution is 8.06. The maximum absolute atomic E-state index is 4.58. The van der Waals surface area contributed by atoms with E-state index < -0.39 is 0 Å². The van der Waals surface area contributed by atoms with Gasteiger partial charge in [0.25, 0.3) is 0 Å². The Kier molecular flexibility index (Phi) is 4.13. The number of nitrogens with zero attached hydrogens (tertiary/aromatic N) is 2. The number of rotatable bonds is 4. The fourth-order valence-corrected chi connectivity index (χ4v) is 4.73. The summed E-state index contributed by atoms with van der Waals surface area (Å²) in [5, 5.41) is 4.29. The van der Waals surface area contributed by atoms with Crippen LogP contribution < -0.4 is 5.32 Å². The highest BCUT2D eigenvalue weighted by Crippen LogP contribution is 2.23. The second-order valence-electron chi connectivity index (χ2n) is 4.40. The molecule has 5 heteroatoms. The monoisotopic (exact) mass is 279 g/mol. The molecule has 0 bridgehead atoms. The van der Waals surface area contributed by atoms with Crippen LogP contribution in [0, 0.1) is 0 Å². The van der Waals surface area contributed by atoms with Gasteiger partial charge in [-0.25, -0.2) is 4.98 Å². The Hall–Kier alpha value is -0.650. The van der Waals surface area contributed by atoms with E-state index >= 15 is 0 Å². The number of fused-ring (bicyclic) bond motifs is 1. The Morgan fingerprint density at radius 1 is 1.39 bits per heavy atom. The average Bonchev–Trinajstić information content (AvgIpc) is 2.82. The van der Waals surface area contributed by atoms with Gasteiger partial charge in [0.05, 0.1) is 5.69 Å². The van der Waals surface area contributed by atoms with E-state index in [1.807, 2.05) is 24.4 Å². The minimum absolute atomic E-state index is 0.765. The van der Waals surface area contributed by atoms with Crippen molar-refractivity contribution < 1.29 is 0 Å². The van der Waals surface area contributed by atoms with E-state index in [9.17, 15) is 0 Å². The molecular weight excluding hydrogens is 262 g/mol. The third kappa shape index (κ3) is 3.02. The van der Waals surface area contributed by atoms with E-state index in [0.29, 0.717) is 0 Å². The summed E-state index contributed by atoms with van der Waals surface area (Å²) in [5.74, 6) is 3.89. The summed E-state index contributed by atoms with van der Waals surface area (Å²) in [6, 6.07) is 6.09. The molecule has 0 aromatic carbocycles. The third-order valence-electron chi connectivity index (χ3n) is 2.98. The molecule has 0 radical (unpaired) electrons. The van der Waals surface area contributed by atoms with E-state index in [0.717, 1.165) is 29.7 Å². The molecule has 2 aromatic rings. The molecule has 0 spiro atoms. The number of hydrogen-bond donors (Lipinski definition) is 1. The fraction of sp³-hybridized carbons (Fsp3) is 0.462. The summed E-state index contributed by atoms with van der Waals surface area (Å²) in [7, 11) is 0. The van der Waals surface area contributed by atoms with Crippen molar-refractivity contribution in [1.29, 1.82) is 0 Å². The van der Waals surface area contributed by atoms with Gasteiger partial charge in [0, 0.05) is 48.0 Å². The Morgan fingerprint density at radius 2 is 2.39 bits per heavy atom. The molecule has 96 valence electrons. The first-order chi connectivity index (χ1) is 8.92. The SMILES string of the molecule is c1ccn2cc(CNCC3CSCCS3)nc2c1. The molecule has 0 aliphatic carbocycles. The third-order valence-corrected chi connectivity index (χ3v) is 5.82. The van der Waals surface area contributed by atoms with Gasteiger partial charge in [-0.05, 0) is 12.1 Å². The minimum atomic E-state index is 0.765. The molecule has 1 aliphatic rings. The zero-order valence-corrected chi connectivity index (χ0v) is 11.8. The van der Waals surface area contributed by atoms with Crippen molar-refractivity contribution in [3.63, 3.8) is 0 Å². The number of imidazole rings is 1. The molecule has 1 unspecified atom stereocenters. The van der Waals surface area contributed by atoms with Crippen molar-refractivity contribution in [2.75, 3.05) is 23.8 Å². The van der Waals surface area contributed by atoms with Gasteiger partial charge in [-0.15, -0.1) is 0 Å². The van der Waals surface area contributed by atoms with Crippen molar-refractivity contribution in [1.82, 2.24) is 14.7 Å². The van der Waals surface area contributed by atoms with E-state index in [-0.39, 0.29) is 0 Å². The molecule has 1 saturated heterocycles. The smallest absolute Gasteiger partial charge is 0.137 e. The van der Waals surface area contributed by atoms with Gasteiger partial charge in [0.15, 0.2) is 0 Å². The van der Waals surface area contributed by atoms with Crippen LogP contribution in [-0.4, -0.2) is 38.4 Å². The molecule has 1 fully saturated rings. The molecule has 3 nitrogen and oxygen atoms in total. The van der Waals surface area contributed by atoms with Crippen LogP contribution in [0.4, 0.5) is 0 Å². The van der Waals surface area contributed by atoms with Gasteiger partial charge in [-0.3, -0.25) is 0 Å². The molecule has 0 saturated carbocycles. The lowest BCUT2D eigenvalue weighted by Crippen LogP contribution is -2.28. The number of thioether (sulfide) groups is 2. The fourth-order valence-electron chi connectivity index (χ4n) is 2.09. The summed E-state index contributed by atoms with van der Waals surface area (Å²) in [4.78, 5) is 4.58. The number of hydrogen-bond acceptors (Lipinski definition) is 4. The highest BCUT2D eigenvalue weighted by Gasteiger charge is 2.13. The minimum Gasteiger partial charge on any atom is -0.310 e. The van der Waals surface area contributed by atoms with E-state index in [1.54, 1.807) is 0 Å². The van der Waals surface area contributed by atoms with E-state index in [2.05, 4.69) is 44.4 Å². The first-order valence-corrected chi connectivity index (χ1v) is 8.45. The summed E-state index contributed by atoms with van der Waals surface area (Å²) in [6.45, 7) is 1.95. The molecule has 2 aromatic heterocycles.